The fraction of sp³-hybridized carbons (Fsp3) is 0.778. The summed E-state index contributed by atoms with van der Waals surface area (Å²) < 4.78 is 0. The quantitative estimate of drug-likeness (QED) is 0.591. The van der Waals surface area contributed by atoms with Crippen LogP contribution in [0.1, 0.15) is 79.6 Å². The minimum Gasteiger partial charge on any atom is -0.390 e. The highest BCUT2D eigenvalue weighted by Gasteiger charge is 2.58. The zero-order chi connectivity index (χ0) is 21.0. The second-order valence-electron chi connectivity index (χ2n) is 11.8. The molecule has 0 heterocycles. The van der Waals surface area contributed by atoms with Gasteiger partial charge in [0.2, 0.25) is 0 Å². The molecule has 0 radical (unpaired) electrons. The van der Waals surface area contributed by atoms with Crippen LogP contribution in [0.25, 0.3) is 0 Å². The lowest BCUT2D eigenvalue weighted by atomic mass is 9.48. The summed E-state index contributed by atoms with van der Waals surface area (Å²) in [6.07, 6.45) is 19.7. The van der Waals surface area contributed by atoms with E-state index in [4.69, 9.17) is 0 Å². The molecular weight excluding hydrogens is 356 g/mol. The normalized spacial score (nSPS) is 43.2. The molecule has 8 atom stereocenters. The lowest BCUT2D eigenvalue weighted by molar-refractivity contribution is -0.0579. The standard InChI is InChI=1S/C27H42O2/c1-18(9-14-24(28)25(2,3)29)21-12-13-22-20-11-10-19-8-6-7-16-26(19,4)23(20)15-17-27(21,22)5/h6-8,10-11,18,20-24,28-29H,9,12-17H2,1-5H3/t18-,20+,21-,22+,23+,24+,26+,27-/m1/s1. The van der Waals surface area contributed by atoms with Crippen LogP contribution in [0.3, 0.4) is 0 Å². The van der Waals surface area contributed by atoms with E-state index in [1.165, 1.54) is 32.1 Å². The Labute approximate surface area is 178 Å². The van der Waals surface area contributed by atoms with Gasteiger partial charge >= 0.3 is 0 Å². The van der Waals surface area contributed by atoms with Crippen LogP contribution < -0.4 is 0 Å². The average molecular weight is 399 g/mol. The highest BCUT2D eigenvalue weighted by atomic mass is 16.3. The molecule has 0 bridgehead atoms. The molecule has 4 aliphatic carbocycles. The molecule has 0 spiro atoms. The van der Waals surface area contributed by atoms with E-state index in [1.54, 1.807) is 19.4 Å². The molecule has 29 heavy (non-hydrogen) atoms. The molecule has 2 fully saturated rings. The second-order valence-corrected chi connectivity index (χ2v) is 11.8. The third-order valence-corrected chi connectivity index (χ3v) is 9.73. The van der Waals surface area contributed by atoms with Gasteiger partial charge in [0.15, 0.2) is 0 Å². The molecule has 0 unspecified atom stereocenters. The van der Waals surface area contributed by atoms with Gasteiger partial charge in [-0.15, -0.1) is 0 Å². The van der Waals surface area contributed by atoms with Crippen LogP contribution in [0.4, 0.5) is 0 Å². The van der Waals surface area contributed by atoms with Crippen molar-refractivity contribution in [1.82, 2.24) is 0 Å². The zero-order valence-corrected chi connectivity index (χ0v) is 19.2. The molecule has 0 aromatic heterocycles. The SMILES string of the molecule is C[C@H](CC[C@H](O)C(C)(C)O)[C@H]1CC[C@H]2[C@@H]3C=CC4=CC=CC[C@]4(C)[C@H]3CC[C@]12C. The first kappa shape index (κ1) is 21.4. The van der Waals surface area contributed by atoms with E-state index in [-0.39, 0.29) is 0 Å². The summed E-state index contributed by atoms with van der Waals surface area (Å²) in [5, 5.41) is 20.4. The van der Waals surface area contributed by atoms with E-state index in [1.807, 2.05) is 0 Å². The van der Waals surface area contributed by atoms with Gasteiger partial charge in [-0.05, 0) is 105 Å². The fourth-order valence-corrected chi connectivity index (χ4v) is 7.78. The number of fused-ring (bicyclic) bond motifs is 5. The number of hydrogen-bond acceptors (Lipinski definition) is 2. The zero-order valence-electron chi connectivity index (χ0n) is 19.2. The first-order valence-electron chi connectivity index (χ1n) is 12.0. The molecule has 0 saturated heterocycles. The van der Waals surface area contributed by atoms with E-state index in [9.17, 15) is 10.2 Å². The van der Waals surface area contributed by atoms with Crippen LogP contribution in [-0.4, -0.2) is 21.9 Å². The van der Waals surface area contributed by atoms with Gasteiger partial charge in [0, 0.05) is 0 Å². The summed E-state index contributed by atoms with van der Waals surface area (Å²) >= 11 is 0. The van der Waals surface area contributed by atoms with Crippen molar-refractivity contribution < 1.29 is 10.2 Å². The lowest BCUT2D eigenvalue weighted by Crippen LogP contribution is -2.48. The molecular formula is C27H42O2. The van der Waals surface area contributed by atoms with Gasteiger partial charge in [0.25, 0.3) is 0 Å². The fourth-order valence-electron chi connectivity index (χ4n) is 7.78. The van der Waals surface area contributed by atoms with Gasteiger partial charge in [-0.3, -0.25) is 0 Å². The Morgan fingerprint density at radius 3 is 2.62 bits per heavy atom. The second kappa shape index (κ2) is 7.38. The number of hydrogen-bond donors (Lipinski definition) is 2. The molecule has 2 nitrogen and oxygen atoms in total. The number of aliphatic hydroxyl groups excluding tert-OH is 1. The molecule has 4 rings (SSSR count). The van der Waals surface area contributed by atoms with Gasteiger partial charge in [-0.25, -0.2) is 0 Å². The van der Waals surface area contributed by atoms with Gasteiger partial charge in [0.05, 0.1) is 11.7 Å². The van der Waals surface area contributed by atoms with Crippen LogP contribution in [0.15, 0.2) is 36.0 Å². The van der Waals surface area contributed by atoms with Gasteiger partial charge < -0.3 is 10.2 Å². The smallest absolute Gasteiger partial charge is 0.0849 e. The van der Waals surface area contributed by atoms with Crippen molar-refractivity contribution in [3.05, 3.63) is 36.0 Å². The van der Waals surface area contributed by atoms with Crippen molar-refractivity contribution in [3.8, 4) is 0 Å². The van der Waals surface area contributed by atoms with Crippen molar-refractivity contribution in [2.45, 2.75) is 91.3 Å². The summed E-state index contributed by atoms with van der Waals surface area (Å²) in [5.41, 5.74) is 1.30. The summed E-state index contributed by atoms with van der Waals surface area (Å²) in [6, 6.07) is 0. The van der Waals surface area contributed by atoms with Crippen molar-refractivity contribution in [2.75, 3.05) is 0 Å². The van der Waals surface area contributed by atoms with Gasteiger partial charge in [-0.1, -0.05) is 51.2 Å². The molecule has 0 aromatic carbocycles. The first-order chi connectivity index (χ1) is 13.6. The van der Waals surface area contributed by atoms with Crippen LogP contribution in [0.2, 0.25) is 0 Å². The Morgan fingerprint density at radius 2 is 1.90 bits per heavy atom. The molecule has 162 valence electrons. The number of allylic oxidation sites excluding steroid dienone is 6. The molecule has 0 amide bonds. The monoisotopic (exact) mass is 398 g/mol. The predicted octanol–water partition coefficient (Wildman–Crippen LogP) is 6.06. The molecule has 0 aliphatic heterocycles. The summed E-state index contributed by atoms with van der Waals surface area (Å²) in [4.78, 5) is 0. The van der Waals surface area contributed by atoms with Crippen molar-refractivity contribution in [3.63, 3.8) is 0 Å². The molecule has 2 heteroatoms. The summed E-state index contributed by atoms with van der Waals surface area (Å²) in [7, 11) is 0. The third-order valence-electron chi connectivity index (χ3n) is 9.73. The van der Waals surface area contributed by atoms with Crippen LogP contribution >= 0.6 is 0 Å². The maximum atomic E-state index is 10.3. The highest BCUT2D eigenvalue weighted by molar-refractivity contribution is 5.39. The first-order valence-corrected chi connectivity index (χ1v) is 12.0. The molecule has 2 N–H and O–H groups in total. The maximum absolute atomic E-state index is 10.3. The number of aliphatic hydroxyl groups is 2. The van der Waals surface area contributed by atoms with Crippen LogP contribution in [0, 0.1) is 40.4 Å². The highest BCUT2D eigenvalue weighted by Crippen LogP contribution is 2.66. The largest absolute Gasteiger partial charge is 0.390 e. The Morgan fingerprint density at radius 1 is 1.14 bits per heavy atom. The van der Waals surface area contributed by atoms with Crippen LogP contribution in [0.5, 0.6) is 0 Å². The Balaban J connectivity index is 1.49. The van der Waals surface area contributed by atoms with E-state index < -0.39 is 11.7 Å². The number of rotatable bonds is 5. The van der Waals surface area contributed by atoms with E-state index in [0.29, 0.717) is 23.2 Å². The van der Waals surface area contributed by atoms with Gasteiger partial charge in [-0.2, -0.15) is 0 Å². The minimum absolute atomic E-state index is 0.329. The topological polar surface area (TPSA) is 40.5 Å². The van der Waals surface area contributed by atoms with E-state index >= 15 is 0 Å². The molecule has 2 saturated carbocycles. The Hall–Kier alpha value is -0.860. The average Bonchev–Trinajstić information content (AvgIpc) is 3.01. The van der Waals surface area contributed by atoms with Crippen molar-refractivity contribution >= 4 is 0 Å². The van der Waals surface area contributed by atoms with Crippen molar-refractivity contribution in [2.24, 2.45) is 40.4 Å². The minimum atomic E-state index is -0.998. The lowest BCUT2D eigenvalue weighted by Gasteiger charge is -2.56. The molecule has 0 aromatic rings. The Bertz CT molecular complexity index is 711. The predicted molar refractivity (Wildman–Crippen MR) is 120 cm³/mol. The van der Waals surface area contributed by atoms with Crippen molar-refractivity contribution in [1.29, 1.82) is 0 Å². The Kier molecular flexibility index (Phi) is 5.44. The van der Waals surface area contributed by atoms with E-state index in [2.05, 4.69) is 51.2 Å². The summed E-state index contributed by atoms with van der Waals surface area (Å²) in [6.45, 7) is 10.9. The van der Waals surface area contributed by atoms with E-state index in [0.717, 1.165) is 30.1 Å². The van der Waals surface area contributed by atoms with Crippen LogP contribution in [-0.2, 0) is 0 Å². The maximum Gasteiger partial charge on any atom is 0.0849 e. The summed E-state index contributed by atoms with van der Waals surface area (Å²) in [5.74, 6) is 3.66. The van der Waals surface area contributed by atoms with Gasteiger partial charge in [0.1, 0.15) is 0 Å². The molecule has 4 aliphatic rings. The third kappa shape index (κ3) is 3.49.